The van der Waals surface area contributed by atoms with Gasteiger partial charge >= 0.3 is 0 Å². The number of methoxy groups -OCH3 is 1. The van der Waals surface area contributed by atoms with Gasteiger partial charge in [-0.15, -0.1) is 5.11 Å². The molecule has 7 heteroatoms. The molecule has 0 saturated carbocycles. The minimum absolute atomic E-state index is 0.232. The van der Waals surface area contributed by atoms with Gasteiger partial charge in [0.2, 0.25) is 0 Å². The number of ether oxygens (including phenoxy) is 1. The van der Waals surface area contributed by atoms with E-state index in [0.717, 1.165) is 15.8 Å². The van der Waals surface area contributed by atoms with Gasteiger partial charge < -0.3 is 4.74 Å². The number of halogens is 1. The van der Waals surface area contributed by atoms with Gasteiger partial charge in [-0.3, -0.25) is 15.0 Å². The Hall–Kier alpha value is -2.67. The summed E-state index contributed by atoms with van der Waals surface area (Å²) < 4.78 is 6.03. The van der Waals surface area contributed by atoms with Crippen LogP contribution in [0.1, 0.15) is 0 Å². The average molecular weight is 373 g/mol. The number of nitrogens with zero attached hydrogens (tertiary/aromatic N) is 2. The number of aromatic nitrogens is 2. The highest BCUT2D eigenvalue weighted by molar-refractivity contribution is 9.10. The van der Waals surface area contributed by atoms with Gasteiger partial charge in [-0.1, -0.05) is 22.0 Å². The largest absolute Gasteiger partial charge is 0.497 e. The second-order valence-electron chi connectivity index (χ2n) is 4.71. The van der Waals surface area contributed by atoms with Crippen molar-refractivity contribution in [3.05, 3.63) is 63.4 Å². The van der Waals surface area contributed by atoms with Crippen LogP contribution in [-0.2, 0) is 0 Å². The molecule has 0 aliphatic heterocycles. The molecular weight excluding hydrogens is 360 g/mol. The maximum atomic E-state index is 12.0. The van der Waals surface area contributed by atoms with Crippen LogP contribution < -0.4 is 10.3 Å². The molecule has 1 heterocycles. The Kier molecular flexibility index (Phi) is 4.38. The van der Waals surface area contributed by atoms with E-state index in [9.17, 15) is 4.79 Å². The highest BCUT2D eigenvalue weighted by Gasteiger charge is 2.11. The number of hydrogen-bond acceptors (Lipinski definition) is 4. The zero-order valence-corrected chi connectivity index (χ0v) is 13.8. The molecule has 2 N–H and O–H groups in total. The number of hydrogen-bond donors (Lipinski definition) is 2. The van der Waals surface area contributed by atoms with Crippen molar-refractivity contribution in [3.63, 3.8) is 0 Å². The smallest absolute Gasteiger partial charge is 0.292 e. The second kappa shape index (κ2) is 6.62. The van der Waals surface area contributed by atoms with Crippen molar-refractivity contribution in [2.24, 2.45) is 10.2 Å². The molecule has 2 aromatic carbocycles. The SMILES string of the molecule is COc1ccc(-c2[nH][nH]c(=O)c2N=Nc2cccc(Br)c2)cc1. The fourth-order valence-corrected chi connectivity index (χ4v) is 2.45. The zero-order valence-electron chi connectivity index (χ0n) is 12.2. The molecule has 1 aromatic heterocycles. The Bertz CT molecular complexity index is 897. The predicted molar refractivity (Wildman–Crippen MR) is 91.7 cm³/mol. The van der Waals surface area contributed by atoms with Crippen molar-refractivity contribution in [3.8, 4) is 17.0 Å². The van der Waals surface area contributed by atoms with Gasteiger partial charge in [0.05, 0.1) is 18.5 Å². The van der Waals surface area contributed by atoms with E-state index in [1.807, 2.05) is 48.5 Å². The van der Waals surface area contributed by atoms with E-state index in [1.165, 1.54) is 0 Å². The summed E-state index contributed by atoms with van der Waals surface area (Å²) in [5.41, 5.74) is 1.95. The van der Waals surface area contributed by atoms with Crippen LogP contribution in [0.15, 0.2) is 68.0 Å². The lowest BCUT2D eigenvalue weighted by atomic mass is 10.1. The molecule has 0 fully saturated rings. The summed E-state index contributed by atoms with van der Waals surface area (Å²) in [4.78, 5) is 12.0. The fourth-order valence-electron chi connectivity index (χ4n) is 2.06. The first-order valence-electron chi connectivity index (χ1n) is 6.80. The summed E-state index contributed by atoms with van der Waals surface area (Å²) in [7, 11) is 1.60. The van der Waals surface area contributed by atoms with E-state index in [2.05, 4.69) is 36.4 Å². The molecule has 0 bridgehead atoms. The van der Waals surface area contributed by atoms with Crippen molar-refractivity contribution >= 4 is 27.3 Å². The molecule has 0 saturated heterocycles. The van der Waals surface area contributed by atoms with Crippen LogP contribution >= 0.6 is 15.9 Å². The zero-order chi connectivity index (χ0) is 16.2. The molecule has 0 unspecified atom stereocenters. The molecule has 0 aliphatic carbocycles. The monoisotopic (exact) mass is 372 g/mol. The van der Waals surface area contributed by atoms with E-state index in [-0.39, 0.29) is 11.2 Å². The van der Waals surface area contributed by atoms with Crippen molar-refractivity contribution < 1.29 is 4.74 Å². The fraction of sp³-hybridized carbons (Fsp3) is 0.0625. The molecule has 0 aliphatic rings. The third-order valence-electron chi connectivity index (χ3n) is 3.21. The highest BCUT2D eigenvalue weighted by Crippen LogP contribution is 2.28. The van der Waals surface area contributed by atoms with Crippen molar-refractivity contribution in [2.75, 3.05) is 7.11 Å². The summed E-state index contributed by atoms with van der Waals surface area (Å²) >= 11 is 3.37. The van der Waals surface area contributed by atoms with Crippen LogP contribution in [0, 0.1) is 0 Å². The summed E-state index contributed by atoms with van der Waals surface area (Å²) in [6.45, 7) is 0. The minimum Gasteiger partial charge on any atom is -0.497 e. The Morgan fingerprint density at radius 3 is 2.52 bits per heavy atom. The molecule has 23 heavy (non-hydrogen) atoms. The van der Waals surface area contributed by atoms with Gasteiger partial charge in [0.15, 0.2) is 5.69 Å². The van der Waals surface area contributed by atoms with Gasteiger partial charge in [-0.05, 0) is 42.5 Å². The maximum absolute atomic E-state index is 12.0. The Labute approximate surface area is 140 Å². The number of nitrogens with one attached hydrogen (secondary N) is 2. The molecule has 0 atom stereocenters. The minimum atomic E-state index is -0.324. The number of H-pyrrole nitrogens is 2. The van der Waals surface area contributed by atoms with E-state index in [0.29, 0.717) is 11.4 Å². The summed E-state index contributed by atoms with van der Waals surface area (Å²) in [6.07, 6.45) is 0. The molecule has 6 nitrogen and oxygen atoms in total. The Balaban J connectivity index is 1.96. The standard InChI is InChI=1S/C16H13BrN4O2/c1-23-13-7-5-10(6-8-13)14-15(16(22)21-19-14)20-18-12-4-2-3-11(17)9-12/h2-9H,1H3,(H2,19,21,22). The predicted octanol–water partition coefficient (Wildman–Crippen LogP) is 4.56. The van der Waals surface area contributed by atoms with E-state index >= 15 is 0 Å². The van der Waals surface area contributed by atoms with Crippen LogP contribution in [0.2, 0.25) is 0 Å². The quantitative estimate of drug-likeness (QED) is 0.658. The molecular formula is C16H13BrN4O2. The first-order chi connectivity index (χ1) is 11.2. The molecule has 0 amide bonds. The molecule has 3 aromatic rings. The summed E-state index contributed by atoms with van der Waals surface area (Å²) in [6, 6.07) is 14.7. The molecule has 0 spiro atoms. The lowest BCUT2D eigenvalue weighted by Gasteiger charge is -2.02. The first kappa shape index (κ1) is 15.2. The summed E-state index contributed by atoms with van der Waals surface area (Å²) in [5.74, 6) is 0.740. The van der Waals surface area contributed by atoms with Crippen LogP contribution in [0.4, 0.5) is 11.4 Å². The Morgan fingerprint density at radius 1 is 1.04 bits per heavy atom. The summed E-state index contributed by atoms with van der Waals surface area (Å²) in [5, 5.41) is 13.6. The van der Waals surface area contributed by atoms with Gasteiger partial charge in [0, 0.05) is 10.0 Å². The third kappa shape index (κ3) is 3.40. The topological polar surface area (TPSA) is 82.6 Å². The van der Waals surface area contributed by atoms with E-state index in [1.54, 1.807) is 7.11 Å². The van der Waals surface area contributed by atoms with Crippen LogP contribution in [0.25, 0.3) is 11.3 Å². The second-order valence-corrected chi connectivity index (χ2v) is 5.63. The van der Waals surface area contributed by atoms with Gasteiger partial charge in [0.25, 0.3) is 5.56 Å². The number of azo groups is 1. The van der Waals surface area contributed by atoms with Gasteiger partial charge in [-0.25, -0.2) is 0 Å². The van der Waals surface area contributed by atoms with Gasteiger partial charge in [-0.2, -0.15) is 5.11 Å². The van der Waals surface area contributed by atoms with Crippen LogP contribution in [-0.4, -0.2) is 17.3 Å². The van der Waals surface area contributed by atoms with Gasteiger partial charge in [0.1, 0.15) is 5.75 Å². The maximum Gasteiger partial charge on any atom is 0.292 e. The van der Waals surface area contributed by atoms with E-state index < -0.39 is 0 Å². The lowest BCUT2D eigenvalue weighted by Crippen LogP contribution is -1.96. The number of benzene rings is 2. The van der Waals surface area contributed by atoms with Crippen molar-refractivity contribution in [1.29, 1.82) is 0 Å². The van der Waals surface area contributed by atoms with Crippen LogP contribution in [0.3, 0.4) is 0 Å². The van der Waals surface area contributed by atoms with E-state index in [4.69, 9.17) is 4.74 Å². The lowest BCUT2D eigenvalue weighted by molar-refractivity contribution is 0.415. The van der Waals surface area contributed by atoms with Crippen LogP contribution in [0.5, 0.6) is 5.75 Å². The van der Waals surface area contributed by atoms with Crippen molar-refractivity contribution in [2.45, 2.75) is 0 Å². The molecule has 116 valence electrons. The number of rotatable bonds is 4. The number of aromatic amines is 2. The molecule has 0 radical (unpaired) electrons. The highest BCUT2D eigenvalue weighted by atomic mass is 79.9. The average Bonchev–Trinajstić information content (AvgIpc) is 2.94. The normalized spacial score (nSPS) is 11.0. The molecule has 3 rings (SSSR count). The first-order valence-corrected chi connectivity index (χ1v) is 7.59. The third-order valence-corrected chi connectivity index (χ3v) is 3.70. The van der Waals surface area contributed by atoms with Crippen molar-refractivity contribution in [1.82, 2.24) is 10.2 Å². The Morgan fingerprint density at radius 2 is 1.83 bits per heavy atom.